The molecule has 0 spiro atoms. The number of fused-ring (bicyclic) bond motifs is 2. The van der Waals surface area contributed by atoms with E-state index in [1.807, 2.05) is 36.7 Å². The number of benzene rings is 1. The van der Waals surface area contributed by atoms with E-state index < -0.39 is 0 Å². The second-order valence-electron chi connectivity index (χ2n) is 5.53. The first-order valence-electron chi connectivity index (χ1n) is 7.42. The Kier molecular flexibility index (Phi) is 2.97. The highest BCUT2D eigenvalue weighted by Crippen LogP contribution is 2.25. The van der Waals surface area contributed by atoms with Crippen LogP contribution in [0.25, 0.3) is 16.7 Å². The lowest BCUT2D eigenvalue weighted by molar-refractivity contribution is 0.283. The van der Waals surface area contributed by atoms with Gasteiger partial charge in [-0.2, -0.15) is 0 Å². The number of nitrogens with zero attached hydrogens (tertiary/aromatic N) is 3. The molecule has 0 saturated heterocycles. The van der Waals surface area contributed by atoms with Crippen LogP contribution in [0, 0.1) is 0 Å². The quantitative estimate of drug-likeness (QED) is 0.784. The van der Waals surface area contributed by atoms with Gasteiger partial charge in [0.25, 0.3) is 0 Å². The lowest BCUT2D eigenvalue weighted by atomic mass is 10.0. The molecule has 3 aromatic rings. The summed E-state index contributed by atoms with van der Waals surface area (Å²) in [4.78, 5) is 9.28. The maximum absolute atomic E-state index is 9.64. The van der Waals surface area contributed by atoms with Crippen molar-refractivity contribution >= 4 is 10.9 Å². The average molecular weight is 279 g/mol. The number of hydrogen-bond acceptors (Lipinski definition) is 3. The predicted molar refractivity (Wildman–Crippen MR) is 81.4 cm³/mol. The van der Waals surface area contributed by atoms with Crippen molar-refractivity contribution in [3.8, 4) is 5.82 Å². The normalized spacial score (nSPS) is 14.3. The molecule has 1 N–H and O–H groups in total. The molecule has 21 heavy (non-hydrogen) atoms. The van der Waals surface area contributed by atoms with Gasteiger partial charge in [-0.25, -0.2) is 9.97 Å². The molecular formula is C17H17N3O. The molecule has 0 amide bonds. The number of aliphatic hydroxyl groups excluding tert-OH is 1. The van der Waals surface area contributed by atoms with E-state index in [2.05, 4.69) is 9.55 Å². The standard InChI is InChI=1S/C17H17N3O/c21-10-12-9-17(19-14-6-2-1-5-13(12)14)20-11-18-15-7-3-4-8-16(15)20/h1-2,5-6,9,11,21H,3-4,7-8,10H2. The first-order chi connectivity index (χ1) is 10.4. The summed E-state index contributed by atoms with van der Waals surface area (Å²) in [7, 11) is 0. The van der Waals surface area contributed by atoms with Gasteiger partial charge in [-0.3, -0.25) is 4.57 Å². The van der Waals surface area contributed by atoms with Crippen molar-refractivity contribution in [1.29, 1.82) is 0 Å². The Morgan fingerprint density at radius 2 is 2.00 bits per heavy atom. The van der Waals surface area contributed by atoms with Gasteiger partial charge in [0.1, 0.15) is 12.1 Å². The third kappa shape index (κ3) is 2.03. The average Bonchev–Trinajstić information content (AvgIpc) is 2.98. The van der Waals surface area contributed by atoms with Crippen molar-refractivity contribution in [3.63, 3.8) is 0 Å². The molecule has 0 bridgehead atoms. The molecular weight excluding hydrogens is 262 g/mol. The van der Waals surface area contributed by atoms with Crippen molar-refractivity contribution in [2.45, 2.75) is 32.3 Å². The number of pyridine rings is 1. The largest absolute Gasteiger partial charge is 0.392 e. The Labute approximate surface area is 123 Å². The third-order valence-corrected chi connectivity index (χ3v) is 4.24. The van der Waals surface area contributed by atoms with Gasteiger partial charge in [0.15, 0.2) is 0 Å². The van der Waals surface area contributed by atoms with Crippen molar-refractivity contribution in [3.05, 3.63) is 53.6 Å². The molecule has 0 atom stereocenters. The first kappa shape index (κ1) is 12.5. The molecule has 1 aliphatic carbocycles. The van der Waals surface area contributed by atoms with Crippen LogP contribution in [-0.4, -0.2) is 19.6 Å². The minimum atomic E-state index is 0.0208. The van der Waals surface area contributed by atoms with E-state index in [4.69, 9.17) is 4.98 Å². The Hall–Kier alpha value is -2.20. The number of aryl methyl sites for hydroxylation is 1. The highest BCUT2D eigenvalue weighted by Gasteiger charge is 2.17. The number of rotatable bonds is 2. The van der Waals surface area contributed by atoms with Crippen LogP contribution in [-0.2, 0) is 19.4 Å². The molecule has 4 nitrogen and oxygen atoms in total. The van der Waals surface area contributed by atoms with Crippen molar-refractivity contribution < 1.29 is 5.11 Å². The van der Waals surface area contributed by atoms with Gasteiger partial charge < -0.3 is 5.11 Å². The fourth-order valence-electron chi connectivity index (χ4n) is 3.15. The molecule has 0 radical (unpaired) electrons. The van der Waals surface area contributed by atoms with Gasteiger partial charge in [-0.15, -0.1) is 0 Å². The Morgan fingerprint density at radius 1 is 1.14 bits per heavy atom. The highest BCUT2D eigenvalue weighted by atomic mass is 16.3. The summed E-state index contributed by atoms with van der Waals surface area (Å²) in [6.45, 7) is 0.0208. The van der Waals surface area contributed by atoms with Gasteiger partial charge >= 0.3 is 0 Å². The molecule has 106 valence electrons. The van der Waals surface area contributed by atoms with E-state index in [9.17, 15) is 5.11 Å². The van der Waals surface area contributed by atoms with Gasteiger partial charge in [0.2, 0.25) is 0 Å². The Bertz CT molecular complexity index is 807. The molecule has 0 saturated carbocycles. The molecule has 0 fully saturated rings. The van der Waals surface area contributed by atoms with Crippen LogP contribution >= 0.6 is 0 Å². The molecule has 2 aromatic heterocycles. The van der Waals surface area contributed by atoms with E-state index in [-0.39, 0.29) is 6.61 Å². The van der Waals surface area contributed by atoms with E-state index >= 15 is 0 Å². The van der Waals surface area contributed by atoms with Crippen LogP contribution in [0.2, 0.25) is 0 Å². The van der Waals surface area contributed by atoms with Gasteiger partial charge in [0, 0.05) is 11.1 Å². The molecule has 1 aliphatic rings. The summed E-state index contributed by atoms with van der Waals surface area (Å²) < 4.78 is 2.08. The minimum absolute atomic E-state index is 0.0208. The molecule has 0 unspecified atom stereocenters. The summed E-state index contributed by atoms with van der Waals surface area (Å²) in [5.74, 6) is 0.855. The van der Waals surface area contributed by atoms with Crippen LogP contribution in [0.1, 0.15) is 29.8 Å². The summed E-state index contributed by atoms with van der Waals surface area (Å²) in [5, 5.41) is 10.7. The topological polar surface area (TPSA) is 50.9 Å². The van der Waals surface area contributed by atoms with E-state index in [1.165, 1.54) is 24.2 Å². The fourth-order valence-corrected chi connectivity index (χ4v) is 3.15. The number of para-hydroxylation sites is 1. The zero-order chi connectivity index (χ0) is 14.2. The monoisotopic (exact) mass is 279 g/mol. The maximum atomic E-state index is 9.64. The summed E-state index contributed by atoms with van der Waals surface area (Å²) >= 11 is 0. The predicted octanol–water partition coefficient (Wildman–Crippen LogP) is 2.79. The lowest BCUT2D eigenvalue weighted by Gasteiger charge is -2.14. The van der Waals surface area contributed by atoms with Crippen LogP contribution < -0.4 is 0 Å². The molecule has 4 heteroatoms. The third-order valence-electron chi connectivity index (χ3n) is 4.24. The second-order valence-corrected chi connectivity index (χ2v) is 5.53. The van der Waals surface area contributed by atoms with Gasteiger partial charge in [-0.1, -0.05) is 18.2 Å². The Balaban J connectivity index is 1.92. The lowest BCUT2D eigenvalue weighted by Crippen LogP contribution is -2.08. The van der Waals surface area contributed by atoms with Crippen molar-refractivity contribution in [2.75, 3.05) is 0 Å². The van der Waals surface area contributed by atoms with Crippen LogP contribution in [0.3, 0.4) is 0 Å². The molecule has 4 rings (SSSR count). The van der Waals surface area contributed by atoms with E-state index in [0.29, 0.717) is 0 Å². The summed E-state index contributed by atoms with van der Waals surface area (Å²) in [6, 6.07) is 9.91. The van der Waals surface area contributed by atoms with Crippen LogP contribution in [0.4, 0.5) is 0 Å². The van der Waals surface area contributed by atoms with E-state index in [0.717, 1.165) is 35.1 Å². The fraction of sp³-hybridized carbons (Fsp3) is 0.294. The van der Waals surface area contributed by atoms with Crippen molar-refractivity contribution in [1.82, 2.24) is 14.5 Å². The molecule has 1 aromatic carbocycles. The zero-order valence-corrected chi connectivity index (χ0v) is 11.8. The number of aliphatic hydroxyl groups is 1. The number of aromatic nitrogens is 3. The smallest absolute Gasteiger partial charge is 0.139 e. The van der Waals surface area contributed by atoms with Gasteiger partial charge in [0.05, 0.1) is 17.8 Å². The second kappa shape index (κ2) is 4.97. The summed E-state index contributed by atoms with van der Waals surface area (Å²) in [5.41, 5.74) is 4.29. The Morgan fingerprint density at radius 3 is 2.90 bits per heavy atom. The maximum Gasteiger partial charge on any atom is 0.139 e. The number of hydrogen-bond donors (Lipinski definition) is 1. The minimum Gasteiger partial charge on any atom is -0.392 e. The number of imidazole rings is 1. The SMILES string of the molecule is OCc1cc(-n2cnc3c2CCCC3)nc2ccccc12. The van der Waals surface area contributed by atoms with E-state index in [1.54, 1.807) is 0 Å². The first-order valence-corrected chi connectivity index (χ1v) is 7.42. The zero-order valence-electron chi connectivity index (χ0n) is 11.8. The molecule has 2 heterocycles. The molecule has 0 aliphatic heterocycles. The van der Waals surface area contributed by atoms with Crippen molar-refractivity contribution in [2.24, 2.45) is 0 Å². The van der Waals surface area contributed by atoms with Crippen LogP contribution in [0.15, 0.2) is 36.7 Å². The summed E-state index contributed by atoms with van der Waals surface area (Å²) in [6.07, 6.45) is 6.41. The highest BCUT2D eigenvalue weighted by molar-refractivity contribution is 5.83. The van der Waals surface area contributed by atoms with Gasteiger partial charge in [-0.05, 0) is 43.4 Å². The van der Waals surface area contributed by atoms with Crippen LogP contribution in [0.5, 0.6) is 0 Å².